The lowest BCUT2D eigenvalue weighted by Gasteiger charge is -2.01. The molecule has 0 fully saturated rings. The largest absolute Gasteiger partial charge is 0.304 e. The van der Waals surface area contributed by atoms with Crippen molar-refractivity contribution in [3.63, 3.8) is 0 Å². The monoisotopic (exact) mass is 420 g/mol. The topological polar surface area (TPSA) is 51.4 Å². The number of halogens is 1. The summed E-state index contributed by atoms with van der Waals surface area (Å²) in [6.45, 7) is 2.15. The fourth-order valence-electron chi connectivity index (χ4n) is 2.23. The van der Waals surface area contributed by atoms with Gasteiger partial charge in [-0.1, -0.05) is 50.9 Å². The van der Waals surface area contributed by atoms with Gasteiger partial charge in [0, 0.05) is 4.47 Å². The highest BCUT2D eigenvalue weighted by atomic mass is 79.9. The van der Waals surface area contributed by atoms with Crippen LogP contribution in [0.3, 0.4) is 0 Å². The van der Waals surface area contributed by atoms with Gasteiger partial charge in [0.2, 0.25) is 4.80 Å². The predicted molar refractivity (Wildman–Crippen MR) is 100 cm³/mol. The van der Waals surface area contributed by atoms with Crippen molar-refractivity contribution in [2.75, 3.05) is 0 Å². The molecule has 1 heterocycles. The molecule has 0 radical (unpaired) electrons. The number of benzene rings is 2. The first-order chi connectivity index (χ1) is 11.4. The minimum absolute atomic E-state index is 0.166. The molecule has 0 N–H and O–H groups in total. The third-order valence-electron chi connectivity index (χ3n) is 3.41. The molecule has 3 rings (SSSR count). The van der Waals surface area contributed by atoms with Crippen LogP contribution in [-0.4, -0.2) is 13.0 Å². The van der Waals surface area contributed by atoms with Crippen LogP contribution in [0.15, 0.2) is 56.2 Å². The zero-order valence-corrected chi connectivity index (χ0v) is 16.0. The van der Waals surface area contributed by atoms with Gasteiger partial charge in [-0.15, -0.1) is 10.8 Å². The van der Waals surface area contributed by atoms with Crippen molar-refractivity contribution in [1.29, 1.82) is 0 Å². The second-order valence-electron chi connectivity index (χ2n) is 5.17. The Morgan fingerprint density at radius 2 is 1.96 bits per heavy atom. The van der Waals surface area contributed by atoms with E-state index in [0.29, 0.717) is 4.80 Å². The number of hydrogen-bond acceptors (Lipinski definition) is 3. The summed E-state index contributed by atoms with van der Waals surface area (Å²) >= 11 is 4.71. The molecule has 0 bridgehead atoms. The van der Waals surface area contributed by atoms with Gasteiger partial charge in [-0.05, 0) is 37.3 Å². The number of nitrogens with zero attached hydrogens (tertiary/aromatic N) is 2. The number of rotatable bonds is 3. The number of aryl methyl sites for hydroxylation is 1. The van der Waals surface area contributed by atoms with Gasteiger partial charge in [0.05, 0.1) is 21.7 Å². The molecule has 1 aromatic heterocycles. The third-order valence-corrected chi connectivity index (χ3v) is 6.34. The second kappa shape index (κ2) is 6.55. The average molecular weight is 421 g/mol. The van der Waals surface area contributed by atoms with Crippen molar-refractivity contribution < 1.29 is 8.42 Å². The molecule has 0 saturated heterocycles. The standard InChI is InChI=1S/C17H13BrN2O2S2/c1-3-10-20-15-9-6-13(18)11-16(15)23-17(20)19-24(21,22)14-7-4-12(2)5-8-14/h1,4-9,11H,10H2,2H3. The zero-order chi connectivity index (χ0) is 17.3. The van der Waals surface area contributed by atoms with Crippen LogP contribution < -0.4 is 4.80 Å². The molecular weight excluding hydrogens is 408 g/mol. The van der Waals surface area contributed by atoms with Crippen LogP contribution in [0.5, 0.6) is 0 Å². The van der Waals surface area contributed by atoms with E-state index >= 15 is 0 Å². The highest BCUT2D eigenvalue weighted by Crippen LogP contribution is 2.22. The Balaban J connectivity index is 2.24. The Hall–Kier alpha value is -1.88. The maximum atomic E-state index is 12.6. The predicted octanol–water partition coefficient (Wildman–Crippen LogP) is 3.70. The fraction of sp³-hybridized carbons (Fsp3) is 0.118. The highest BCUT2D eigenvalue weighted by Gasteiger charge is 2.14. The number of aromatic nitrogens is 1. The Bertz CT molecular complexity index is 1120. The van der Waals surface area contributed by atoms with Gasteiger partial charge in [0.25, 0.3) is 10.0 Å². The van der Waals surface area contributed by atoms with Crippen LogP contribution in [0.1, 0.15) is 5.56 Å². The van der Waals surface area contributed by atoms with Crippen LogP contribution >= 0.6 is 27.3 Å². The normalized spacial score (nSPS) is 12.5. The summed E-state index contributed by atoms with van der Waals surface area (Å²) in [7, 11) is -3.79. The van der Waals surface area contributed by atoms with Crippen molar-refractivity contribution in [3.8, 4) is 12.3 Å². The van der Waals surface area contributed by atoms with Crippen LogP contribution in [0.2, 0.25) is 0 Å². The molecule has 3 aromatic rings. The maximum Gasteiger partial charge on any atom is 0.285 e. The summed E-state index contributed by atoms with van der Waals surface area (Å²) < 4.78 is 32.7. The van der Waals surface area contributed by atoms with Crippen molar-refractivity contribution in [2.45, 2.75) is 18.4 Å². The summed E-state index contributed by atoms with van der Waals surface area (Å²) in [5.74, 6) is 2.55. The molecule has 0 saturated carbocycles. The molecule has 0 aliphatic carbocycles. The number of hydrogen-bond donors (Lipinski definition) is 0. The minimum Gasteiger partial charge on any atom is -0.304 e. The zero-order valence-electron chi connectivity index (χ0n) is 12.7. The number of fused-ring (bicyclic) bond motifs is 1. The van der Waals surface area contributed by atoms with E-state index in [1.807, 2.05) is 25.1 Å². The van der Waals surface area contributed by atoms with Crippen molar-refractivity contribution in [3.05, 3.63) is 57.3 Å². The quantitative estimate of drug-likeness (QED) is 0.606. The van der Waals surface area contributed by atoms with Gasteiger partial charge in [0.15, 0.2) is 0 Å². The summed E-state index contributed by atoms with van der Waals surface area (Å²) in [6, 6.07) is 12.3. The Morgan fingerprint density at radius 1 is 1.25 bits per heavy atom. The summed E-state index contributed by atoms with van der Waals surface area (Å²) in [5, 5.41) is 0. The number of thiazole rings is 1. The summed E-state index contributed by atoms with van der Waals surface area (Å²) in [4.78, 5) is 0.528. The van der Waals surface area contributed by atoms with Gasteiger partial charge >= 0.3 is 0 Å². The Morgan fingerprint density at radius 3 is 2.62 bits per heavy atom. The molecular formula is C17H13BrN2O2S2. The third kappa shape index (κ3) is 3.31. The Kier molecular flexibility index (Phi) is 4.63. The first-order valence-electron chi connectivity index (χ1n) is 7.01. The maximum absolute atomic E-state index is 12.6. The van der Waals surface area contributed by atoms with E-state index < -0.39 is 10.0 Å². The van der Waals surface area contributed by atoms with Crippen LogP contribution in [0.25, 0.3) is 10.2 Å². The second-order valence-corrected chi connectivity index (χ2v) is 8.70. The smallest absolute Gasteiger partial charge is 0.285 e. The molecule has 7 heteroatoms. The van der Waals surface area contributed by atoms with E-state index in [-0.39, 0.29) is 11.4 Å². The molecule has 0 aliphatic rings. The fourth-order valence-corrected chi connectivity index (χ4v) is 5.01. The van der Waals surface area contributed by atoms with Crippen LogP contribution in [0.4, 0.5) is 0 Å². The van der Waals surface area contributed by atoms with E-state index in [9.17, 15) is 8.42 Å². The van der Waals surface area contributed by atoms with Crippen LogP contribution in [-0.2, 0) is 16.6 Å². The molecule has 0 spiro atoms. The highest BCUT2D eigenvalue weighted by molar-refractivity contribution is 9.10. The van der Waals surface area contributed by atoms with Crippen molar-refractivity contribution in [1.82, 2.24) is 4.57 Å². The van der Waals surface area contributed by atoms with Crippen LogP contribution in [0, 0.1) is 19.3 Å². The van der Waals surface area contributed by atoms with E-state index in [1.165, 1.54) is 11.3 Å². The lowest BCUT2D eigenvalue weighted by molar-refractivity contribution is 0.596. The Labute approximate surface area is 152 Å². The average Bonchev–Trinajstić information content (AvgIpc) is 2.84. The van der Waals surface area contributed by atoms with Crippen molar-refractivity contribution >= 4 is 47.5 Å². The SMILES string of the molecule is C#CCn1c(=NS(=O)(=O)c2ccc(C)cc2)sc2cc(Br)ccc21. The molecule has 0 atom stereocenters. The summed E-state index contributed by atoms with van der Waals surface area (Å²) in [5.41, 5.74) is 1.85. The minimum atomic E-state index is -3.79. The molecule has 122 valence electrons. The molecule has 24 heavy (non-hydrogen) atoms. The molecule has 4 nitrogen and oxygen atoms in total. The summed E-state index contributed by atoms with van der Waals surface area (Å²) in [6.07, 6.45) is 5.43. The molecule has 2 aromatic carbocycles. The molecule has 0 aliphatic heterocycles. The van der Waals surface area contributed by atoms with Gasteiger partial charge in [0.1, 0.15) is 0 Å². The van der Waals surface area contributed by atoms with Gasteiger partial charge in [-0.3, -0.25) is 0 Å². The van der Waals surface area contributed by atoms with E-state index in [0.717, 1.165) is 20.3 Å². The van der Waals surface area contributed by atoms with Gasteiger partial charge in [-0.25, -0.2) is 0 Å². The van der Waals surface area contributed by atoms with E-state index in [2.05, 4.69) is 26.2 Å². The lowest BCUT2D eigenvalue weighted by atomic mass is 10.2. The van der Waals surface area contributed by atoms with Gasteiger partial charge < -0.3 is 4.57 Å². The van der Waals surface area contributed by atoms with Gasteiger partial charge in [-0.2, -0.15) is 8.42 Å². The number of terminal acetylenes is 1. The van der Waals surface area contributed by atoms with Crippen molar-refractivity contribution in [2.24, 2.45) is 4.40 Å². The van der Waals surface area contributed by atoms with E-state index in [1.54, 1.807) is 28.8 Å². The first-order valence-corrected chi connectivity index (χ1v) is 10.1. The number of sulfonamides is 1. The van der Waals surface area contributed by atoms with E-state index in [4.69, 9.17) is 6.42 Å². The lowest BCUT2D eigenvalue weighted by Crippen LogP contribution is -2.16. The molecule has 0 amide bonds. The molecule has 0 unspecified atom stereocenters. The first kappa shape index (κ1) is 17.0.